The third-order valence-corrected chi connectivity index (χ3v) is 3.39. The highest BCUT2D eigenvalue weighted by Gasteiger charge is 2.17. The number of rotatable bonds is 7. The number of hydrogen-bond acceptors (Lipinski definition) is 4. The van der Waals surface area contributed by atoms with E-state index in [4.69, 9.17) is 14.6 Å². The van der Waals surface area contributed by atoms with Crippen LogP contribution in [0.1, 0.15) is 23.2 Å². The molecule has 6 heteroatoms. The van der Waals surface area contributed by atoms with Gasteiger partial charge < -0.3 is 19.5 Å². The second-order valence-corrected chi connectivity index (χ2v) is 5.05. The molecule has 0 aliphatic carbocycles. The summed E-state index contributed by atoms with van der Waals surface area (Å²) in [6.45, 7) is 2.96. The van der Waals surface area contributed by atoms with Gasteiger partial charge in [0.05, 0.1) is 6.10 Å². The third kappa shape index (κ3) is 5.53. The van der Waals surface area contributed by atoms with Gasteiger partial charge in [-0.25, -0.2) is 4.79 Å². The number of hydrogen-bond donors (Lipinski definition) is 1. The van der Waals surface area contributed by atoms with Crippen molar-refractivity contribution in [1.29, 1.82) is 0 Å². The second-order valence-electron chi connectivity index (χ2n) is 5.05. The van der Waals surface area contributed by atoms with Crippen LogP contribution in [0.3, 0.4) is 0 Å². The van der Waals surface area contributed by atoms with E-state index in [1.807, 2.05) is 7.05 Å². The van der Waals surface area contributed by atoms with Crippen molar-refractivity contribution in [3.63, 3.8) is 0 Å². The van der Waals surface area contributed by atoms with E-state index >= 15 is 0 Å². The van der Waals surface area contributed by atoms with Crippen LogP contribution in [0.25, 0.3) is 0 Å². The van der Waals surface area contributed by atoms with Gasteiger partial charge in [-0.1, -0.05) is 12.1 Å². The van der Waals surface area contributed by atoms with E-state index in [1.54, 1.807) is 24.3 Å². The van der Waals surface area contributed by atoms with Gasteiger partial charge in [-0.15, -0.1) is 12.4 Å². The van der Waals surface area contributed by atoms with Gasteiger partial charge in [-0.3, -0.25) is 0 Å². The first kappa shape index (κ1) is 17.8. The molecule has 1 N–H and O–H groups in total. The molecule has 21 heavy (non-hydrogen) atoms. The number of carboxylic acids is 1. The van der Waals surface area contributed by atoms with E-state index in [9.17, 15) is 4.79 Å². The molecule has 118 valence electrons. The molecule has 5 nitrogen and oxygen atoms in total. The predicted octanol–water partition coefficient (Wildman–Crippen LogP) is 2.30. The summed E-state index contributed by atoms with van der Waals surface area (Å²) in [6.07, 6.45) is 2.58. The number of halogens is 1. The summed E-state index contributed by atoms with van der Waals surface area (Å²) in [4.78, 5) is 13.2. The molecule has 1 aliphatic heterocycles. The first-order valence-electron chi connectivity index (χ1n) is 6.92. The maximum absolute atomic E-state index is 11.0. The number of carboxylic acid groups (broad SMARTS) is 1. The molecular formula is C15H22ClNO4. The lowest BCUT2D eigenvalue weighted by Crippen LogP contribution is -2.32. The topological polar surface area (TPSA) is 59.0 Å². The predicted molar refractivity (Wildman–Crippen MR) is 82.6 cm³/mol. The fraction of sp³-hybridized carbons (Fsp3) is 0.533. The molecule has 0 amide bonds. The second kappa shape index (κ2) is 8.87. The van der Waals surface area contributed by atoms with Gasteiger partial charge in [0, 0.05) is 19.7 Å². The van der Waals surface area contributed by atoms with Crippen molar-refractivity contribution in [3.05, 3.63) is 29.8 Å². The Labute approximate surface area is 131 Å². The minimum Gasteiger partial charge on any atom is -0.491 e. The lowest BCUT2D eigenvalue weighted by Gasteiger charge is -2.20. The van der Waals surface area contributed by atoms with Gasteiger partial charge in [0.1, 0.15) is 17.9 Å². The van der Waals surface area contributed by atoms with E-state index in [0.29, 0.717) is 18.5 Å². The van der Waals surface area contributed by atoms with E-state index in [-0.39, 0.29) is 18.0 Å². The largest absolute Gasteiger partial charge is 0.491 e. The van der Waals surface area contributed by atoms with Gasteiger partial charge in [-0.2, -0.15) is 0 Å². The minimum atomic E-state index is -0.965. The third-order valence-electron chi connectivity index (χ3n) is 3.39. The van der Waals surface area contributed by atoms with E-state index < -0.39 is 5.97 Å². The van der Waals surface area contributed by atoms with E-state index in [2.05, 4.69) is 4.90 Å². The van der Waals surface area contributed by atoms with Crippen LogP contribution >= 0.6 is 12.4 Å². The average molecular weight is 316 g/mol. The van der Waals surface area contributed by atoms with Gasteiger partial charge in [0.15, 0.2) is 0 Å². The molecule has 1 aromatic rings. The Hall–Kier alpha value is -1.30. The number of carbonyl (C=O) groups is 1. The van der Waals surface area contributed by atoms with Crippen LogP contribution in [0.2, 0.25) is 0 Å². The highest BCUT2D eigenvalue weighted by molar-refractivity contribution is 5.90. The van der Waals surface area contributed by atoms with Gasteiger partial charge in [0.2, 0.25) is 0 Å². The molecular weight excluding hydrogens is 294 g/mol. The first-order valence-corrected chi connectivity index (χ1v) is 6.92. The number of para-hydroxylation sites is 1. The van der Waals surface area contributed by atoms with Crippen LogP contribution in [-0.4, -0.2) is 55.4 Å². The van der Waals surface area contributed by atoms with Crippen molar-refractivity contribution in [1.82, 2.24) is 4.90 Å². The molecule has 0 saturated carbocycles. The molecule has 1 fully saturated rings. The molecule has 1 unspecified atom stereocenters. The van der Waals surface area contributed by atoms with Crippen LogP contribution in [-0.2, 0) is 4.74 Å². The Morgan fingerprint density at radius 3 is 2.90 bits per heavy atom. The zero-order valence-corrected chi connectivity index (χ0v) is 13.0. The van der Waals surface area contributed by atoms with Crippen LogP contribution in [0.15, 0.2) is 24.3 Å². The Morgan fingerprint density at radius 2 is 2.24 bits per heavy atom. The average Bonchev–Trinajstić information content (AvgIpc) is 2.92. The molecule has 1 saturated heterocycles. The summed E-state index contributed by atoms with van der Waals surface area (Å²) in [6, 6.07) is 6.70. The van der Waals surface area contributed by atoms with Gasteiger partial charge >= 0.3 is 5.97 Å². The molecule has 1 aliphatic rings. The Balaban J connectivity index is 0.00000220. The Bertz CT molecular complexity index is 449. The number of likely N-dealkylation sites (N-methyl/N-ethyl adjacent to an activating group) is 1. The normalized spacial score (nSPS) is 17.5. The maximum Gasteiger partial charge on any atom is 0.339 e. The van der Waals surface area contributed by atoms with Crippen LogP contribution in [0.4, 0.5) is 0 Å². The molecule has 0 bridgehead atoms. The molecule has 1 atom stereocenters. The lowest BCUT2D eigenvalue weighted by atomic mass is 10.2. The number of nitrogens with zero attached hydrogens (tertiary/aromatic N) is 1. The number of ether oxygens (including phenoxy) is 2. The van der Waals surface area contributed by atoms with Crippen molar-refractivity contribution in [2.75, 3.05) is 33.4 Å². The zero-order chi connectivity index (χ0) is 14.4. The Morgan fingerprint density at radius 1 is 1.48 bits per heavy atom. The molecule has 1 heterocycles. The van der Waals surface area contributed by atoms with Crippen molar-refractivity contribution in [3.8, 4) is 5.75 Å². The monoisotopic (exact) mass is 315 g/mol. The number of benzene rings is 1. The Kier molecular flexibility index (Phi) is 7.50. The first-order chi connectivity index (χ1) is 9.66. The summed E-state index contributed by atoms with van der Waals surface area (Å²) in [7, 11) is 2.02. The quantitative estimate of drug-likeness (QED) is 0.836. The summed E-state index contributed by atoms with van der Waals surface area (Å²) in [5.41, 5.74) is 0.203. The molecule has 0 radical (unpaired) electrons. The van der Waals surface area contributed by atoms with E-state index in [0.717, 1.165) is 32.5 Å². The molecule has 1 aromatic carbocycles. The van der Waals surface area contributed by atoms with Crippen molar-refractivity contribution >= 4 is 18.4 Å². The van der Waals surface area contributed by atoms with Crippen LogP contribution in [0, 0.1) is 0 Å². The molecule has 0 spiro atoms. The van der Waals surface area contributed by atoms with Crippen LogP contribution in [0.5, 0.6) is 5.75 Å². The maximum atomic E-state index is 11.0. The van der Waals surface area contributed by atoms with Gasteiger partial charge in [0.25, 0.3) is 0 Å². The lowest BCUT2D eigenvalue weighted by molar-refractivity contribution is 0.0689. The van der Waals surface area contributed by atoms with Crippen molar-refractivity contribution in [2.24, 2.45) is 0 Å². The number of aromatic carboxylic acids is 1. The summed E-state index contributed by atoms with van der Waals surface area (Å²) < 4.78 is 11.1. The summed E-state index contributed by atoms with van der Waals surface area (Å²) in [5.74, 6) is -0.543. The van der Waals surface area contributed by atoms with E-state index in [1.165, 1.54) is 0 Å². The smallest absolute Gasteiger partial charge is 0.339 e. The SMILES string of the molecule is CN(CCOc1ccccc1C(=O)O)CC1CCCO1.Cl. The summed E-state index contributed by atoms with van der Waals surface area (Å²) in [5, 5.41) is 9.06. The van der Waals surface area contributed by atoms with Crippen LogP contribution < -0.4 is 4.74 Å². The van der Waals surface area contributed by atoms with Crippen molar-refractivity contribution < 1.29 is 19.4 Å². The van der Waals surface area contributed by atoms with Gasteiger partial charge in [-0.05, 0) is 32.0 Å². The van der Waals surface area contributed by atoms with Crippen molar-refractivity contribution in [2.45, 2.75) is 18.9 Å². The minimum absolute atomic E-state index is 0. The summed E-state index contributed by atoms with van der Waals surface area (Å²) >= 11 is 0. The fourth-order valence-electron chi connectivity index (χ4n) is 2.31. The highest BCUT2D eigenvalue weighted by Crippen LogP contribution is 2.17. The fourth-order valence-corrected chi connectivity index (χ4v) is 2.31. The zero-order valence-electron chi connectivity index (χ0n) is 12.2. The molecule has 0 aromatic heterocycles. The molecule has 2 rings (SSSR count). The standard InChI is InChI=1S/C15H21NO4.ClH/c1-16(11-12-5-4-9-19-12)8-10-20-14-7-3-2-6-13(14)15(17)18;/h2-3,6-7,12H,4-5,8-11H2,1H3,(H,17,18);1H. The highest BCUT2D eigenvalue weighted by atomic mass is 35.5.